The van der Waals surface area contributed by atoms with E-state index in [1.165, 1.54) is 0 Å². The molecule has 0 aliphatic carbocycles. The van der Waals surface area contributed by atoms with E-state index in [0.717, 1.165) is 22.3 Å². The van der Waals surface area contributed by atoms with Crippen molar-refractivity contribution < 1.29 is 4.79 Å². The molecule has 2 aromatic heterocycles. The molecule has 0 bridgehead atoms. The van der Waals surface area contributed by atoms with Crippen LogP contribution in [-0.4, -0.2) is 25.6 Å². The van der Waals surface area contributed by atoms with Crippen molar-refractivity contribution in [1.82, 2.24) is 24.9 Å². The van der Waals surface area contributed by atoms with Crippen LogP contribution in [0.4, 0.5) is 10.5 Å². The highest BCUT2D eigenvalue weighted by Crippen LogP contribution is 2.19. The van der Waals surface area contributed by atoms with Gasteiger partial charge < -0.3 is 10.6 Å². The van der Waals surface area contributed by atoms with Gasteiger partial charge in [-0.05, 0) is 36.4 Å². The third-order valence-electron chi connectivity index (χ3n) is 4.05. The van der Waals surface area contributed by atoms with Crippen molar-refractivity contribution in [3.63, 3.8) is 0 Å². The Hall–Kier alpha value is -3.61. The Kier molecular flexibility index (Phi) is 4.10. The maximum Gasteiger partial charge on any atom is 0.319 e. The van der Waals surface area contributed by atoms with Crippen LogP contribution in [0.3, 0.4) is 0 Å². The van der Waals surface area contributed by atoms with Crippen LogP contribution in [0.5, 0.6) is 0 Å². The maximum absolute atomic E-state index is 12.0. The first kappa shape index (κ1) is 15.9. The first-order valence-electron chi connectivity index (χ1n) is 8.26. The van der Waals surface area contributed by atoms with Gasteiger partial charge in [-0.2, -0.15) is 10.2 Å². The fraction of sp³-hybridized carbons (Fsp3) is 0.105. The first-order chi connectivity index (χ1) is 12.7. The molecule has 0 radical (unpaired) electrons. The first-order valence-corrected chi connectivity index (χ1v) is 8.26. The number of amides is 2. The number of nitrogens with zero attached hydrogens (tertiary/aromatic N) is 4. The van der Waals surface area contributed by atoms with Gasteiger partial charge in [-0.3, -0.25) is 4.68 Å². The van der Waals surface area contributed by atoms with Gasteiger partial charge in [0.25, 0.3) is 0 Å². The van der Waals surface area contributed by atoms with E-state index in [2.05, 4.69) is 20.8 Å². The molecule has 0 atom stereocenters. The van der Waals surface area contributed by atoms with Gasteiger partial charge in [0.05, 0.1) is 29.6 Å². The summed E-state index contributed by atoms with van der Waals surface area (Å²) in [5, 5.41) is 15.3. The Labute approximate surface area is 150 Å². The highest BCUT2D eigenvalue weighted by molar-refractivity contribution is 5.89. The zero-order chi connectivity index (χ0) is 17.9. The van der Waals surface area contributed by atoms with E-state index in [4.69, 9.17) is 0 Å². The standard InChI is InChI=1S/C19H18N6O/c1-24-11-10-16(23-24)13-20-19(26)22-15-6-8-17(9-7-15)25-18-5-3-2-4-14(18)12-21-25/h2-12H,13H2,1H3,(H2,20,22,26). The summed E-state index contributed by atoms with van der Waals surface area (Å²) < 4.78 is 3.58. The number of anilines is 1. The van der Waals surface area contributed by atoms with Gasteiger partial charge in [-0.25, -0.2) is 9.48 Å². The van der Waals surface area contributed by atoms with Gasteiger partial charge in [0, 0.05) is 24.3 Å². The number of nitrogens with one attached hydrogen (secondary N) is 2. The smallest absolute Gasteiger partial charge is 0.319 e. The number of carbonyl (C=O) groups excluding carboxylic acids is 1. The highest BCUT2D eigenvalue weighted by Gasteiger charge is 2.06. The average molecular weight is 346 g/mol. The van der Waals surface area contributed by atoms with E-state index in [1.54, 1.807) is 4.68 Å². The molecule has 0 unspecified atom stereocenters. The third kappa shape index (κ3) is 3.27. The molecule has 130 valence electrons. The average Bonchev–Trinajstić information content (AvgIpc) is 3.27. The minimum Gasteiger partial charge on any atom is -0.332 e. The zero-order valence-electron chi connectivity index (χ0n) is 14.3. The molecule has 7 heteroatoms. The van der Waals surface area contributed by atoms with Crippen molar-refractivity contribution in [2.45, 2.75) is 6.54 Å². The molecule has 0 saturated heterocycles. The van der Waals surface area contributed by atoms with Gasteiger partial charge in [0.15, 0.2) is 0 Å². The summed E-state index contributed by atoms with van der Waals surface area (Å²) in [5.41, 5.74) is 3.50. The normalized spacial score (nSPS) is 10.8. The van der Waals surface area contributed by atoms with Crippen LogP contribution < -0.4 is 10.6 Å². The van der Waals surface area contributed by atoms with Crippen LogP contribution >= 0.6 is 0 Å². The predicted molar refractivity (Wildman–Crippen MR) is 100 cm³/mol. The van der Waals surface area contributed by atoms with Crippen molar-refractivity contribution in [1.29, 1.82) is 0 Å². The summed E-state index contributed by atoms with van der Waals surface area (Å²) in [5.74, 6) is 0. The molecule has 2 amide bonds. The number of benzene rings is 2. The Morgan fingerprint density at radius 3 is 2.65 bits per heavy atom. The number of hydrogen-bond acceptors (Lipinski definition) is 3. The molecule has 26 heavy (non-hydrogen) atoms. The summed E-state index contributed by atoms with van der Waals surface area (Å²) in [7, 11) is 1.84. The third-order valence-corrected chi connectivity index (χ3v) is 4.05. The quantitative estimate of drug-likeness (QED) is 0.596. The number of hydrogen-bond donors (Lipinski definition) is 2. The molecule has 2 N–H and O–H groups in total. The van der Waals surface area contributed by atoms with Crippen LogP contribution in [0.25, 0.3) is 16.6 Å². The summed E-state index contributed by atoms with van der Waals surface area (Å²) >= 11 is 0. The number of fused-ring (bicyclic) bond motifs is 1. The molecule has 0 saturated carbocycles. The fourth-order valence-corrected chi connectivity index (χ4v) is 2.77. The second-order valence-electron chi connectivity index (χ2n) is 5.95. The molecule has 2 heterocycles. The lowest BCUT2D eigenvalue weighted by atomic mass is 10.2. The van der Waals surface area contributed by atoms with E-state index in [0.29, 0.717) is 12.2 Å². The summed E-state index contributed by atoms with van der Waals surface area (Å²) in [6.45, 7) is 0.379. The Bertz CT molecular complexity index is 1050. The topological polar surface area (TPSA) is 76.8 Å². The maximum atomic E-state index is 12.0. The Balaban J connectivity index is 1.42. The lowest BCUT2D eigenvalue weighted by Crippen LogP contribution is -2.28. The largest absolute Gasteiger partial charge is 0.332 e. The molecule has 0 spiro atoms. The van der Waals surface area contributed by atoms with E-state index in [-0.39, 0.29) is 6.03 Å². The number of aryl methyl sites for hydroxylation is 1. The molecule has 2 aromatic carbocycles. The zero-order valence-corrected chi connectivity index (χ0v) is 14.3. The number of para-hydroxylation sites is 1. The minimum atomic E-state index is -0.270. The molecular weight excluding hydrogens is 328 g/mol. The lowest BCUT2D eigenvalue weighted by molar-refractivity contribution is 0.251. The SMILES string of the molecule is Cn1ccc(CNC(=O)Nc2ccc(-n3ncc4ccccc43)cc2)n1. The molecule has 7 nitrogen and oxygen atoms in total. The number of rotatable bonds is 4. The summed E-state index contributed by atoms with van der Waals surface area (Å²) in [6, 6.07) is 17.2. The molecule has 4 rings (SSSR count). The number of carbonyl (C=O) groups is 1. The van der Waals surface area contributed by atoms with Crippen LogP contribution in [0.1, 0.15) is 5.69 Å². The van der Waals surface area contributed by atoms with Gasteiger partial charge in [0.2, 0.25) is 0 Å². The fourth-order valence-electron chi connectivity index (χ4n) is 2.77. The van der Waals surface area contributed by atoms with Crippen LogP contribution in [0, 0.1) is 0 Å². The molecular formula is C19H18N6O. The van der Waals surface area contributed by atoms with E-state index in [1.807, 2.05) is 78.7 Å². The van der Waals surface area contributed by atoms with Crippen molar-refractivity contribution >= 4 is 22.6 Å². The van der Waals surface area contributed by atoms with Gasteiger partial charge >= 0.3 is 6.03 Å². The van der Waals surface area contributed by atoms with Crippen molar-refractivity contribution in [2.75, 3.05) is 5.32 Å². The number of aromatic nitrogens is 4. The predicted octanol–water partition coefficient (Wildman–Crippen LogP) is 3.08. The van der Waals surface area contributed by atoms with Gasteiger partial charge in [-0.1, -0.05) is 18.2 Å². The second-order valence-corrected chi connectivity index (χ2v) is 5.95. The second kappa shape index (κ2) is 6.72. The van der Waals surface area contributed by atoms with E-state index >= 15 is 0 Å². The van der Waals surface area contributed by atoms with Crippen LogP contribution in [0.15, 0.2) is 67.0 Å². The van der Waals surface area contributed by atoms with Crippen LogP contribution in [0.2, 0.25) is 0 Å². The monoisotopic (exact) mass is 346 g/mol. The van der Waals surface area contributed by atoms with Crippen molar-refractivity contribution in [3.8, 4) is 5.69 Å². The summed E-state index contributed by atoms with van der Waals surface area (Å²) in [4.78, 5) is 12.0. The molecule has 0 aliphatic rings. The Morgan fingerprint density at radius 2 is 1.88 bits per heavy atom. The van der Waals surface area contributed by atoms with Gasteiger partial charge in [0.1, 0.15) is 0 Å². The molecule has 0 fully saturated rings. The molecule has 0 aliphatic heterocycles. The van der Waals surface area contributed by atoms with E-state index < -0.39 is 0 Å². The van der Waals surface area contributed by atoms with Crippen molar-refractivity contribution in [2.24, 2.45) is 7.05 Å². The number of urea groups is 1. The highest BCUT2D eigenvalue weighted by atomic mass is 16.2. The summed E-state index contributed by atoms with van der Waals surface area (Å²) in [6.07, 6.45) is 3.68. The minimum absolute atomic E-state index is 0.270. The Morgan fingerprint density at radius 1 is 1.08 bits per heavy atom. The van der Waals surface area contributed by atoms with Gasteiger partial charge in [-0.15, -0.1) is 0 Å². The lowest BCUT2D eigenvalue weighted by Gasteiger charge is -2.08. The van der Waals surface area contributed by atoms with Crippen molar-refractivity contribution in [3.05, 3.63) is 72.7 Å². The molecule has 4 aromatic rings. The van der Waals surface area contributed by atoms with Crippen LogP contribution in [-0.2, 0) is 13.6 Å². The van der Waals surface area contributed by atoms with E-state index in [9.17, 15) is 4.79 Å².